The normalized spacial score (nSPS) is 13.0. The zero-order chi connectivity index (χ0) is 12.7. The van der Waals surface area contributed by atoms with Gasteiger partial charge in [0.05, 0.1) is 18.8 Å². The molecule has 3 nitrogen and oxygen atoms in total. The van der Waals surface area contributed by atoms with Gasteiger partial charge < -0.3 is 4.74 Å². The average molecular weight is 275 g/mol. The lowest BCUT2D eigenvalue weighted by Crippen LogP contribution is -2.41. The molecule has 1 rings (SSSR count). The van der Waals surface area contributed by atoms with E-state index in [1.807, 2.05) is 38.1 Å². The van der Waals surface area contributed by atoms with Crippen molar-refractivity contribution in [1.29, 1.82) is 0 Å². The molecule has 0 bridgehead atoms. The molecule has 0 heterocycles. The third-order valence-corrected chi connectivity index (χ3v) is 3.51. The van der Waals surface area contributed by atoms with Gasteiger partial charge in [-0.05, 0) is 32.0 Å². The van der Waals surface area contributed by atoms with E-state index in [1.54, 1.807) is 11.8 Å². The Morgan fingerprint density at radius 1 is 1.47 bits per heavy atom. The Balaban J connectivity index is 2.37. The fraction of sp³-hybridized carbons (Fsp3) is 0.500. The van der Waals surface area contributed by atoms with Crippen molar-refractivity contribution < 1.29 is 4.74 Å². The van der Waals surface area contributed by atoms with Crippen LogP contribution in [0.15, 0.2) is 29.2 Å². The first-order valence-corrected chi connectivity index (χ1v) is 6.94. The zero-order valence-electron chi connectivity index (χ0n) is 10.2. The second kappa shape index (κ2) is 7.95. The van der Waals surface area contributed by atoms with Crippen LogP contribution in [0.1, 0.15) is 13.8 Å². The van der Waals surface area contributed by atoms with Crippen LogP contribution in [0.5, 0.6) is 0 Å². The Morgan fingerprint density at radius 3 is 2.82 bits per heavy atom. The summed E-state index contributed by atoms with van der Waals surface area (Å²) in [5.41, 5.74) is 2.76. The number of nitrogens with one attached hydrogen (secondary N) is 1. The number of benzene rings is 1. The van der Waals surface area contributed by atoms with Crippen LogP contribution < -0.4 is 11.3 Å². The zero-order valence-corrected chi connectivity index (χ0v) is 11.7. The summed E-state index contributed by atoms with van der Waals surface area (Å²) in [6.07, 6.45) is 0.224. The quantitative estimate of drug-likeness (QED) is 0.456. The number of hydrogen-bond acceptors (Lipinski definition) is 4. The Hall–Kier alpha value is -0.260. The highest BCUT2D eigenvalue weighted by molar-refractivity contribution is 7.99. The Kier molecular flexibility index (Phi) is 6.92. The number of hydrazine groups is 1. The predicted molar refractivity (Wildman–Crippen MR) is 74.4 cm³/mol. The van der Waals surface area contributed by atoms with E-state index in [0.29, 0.717) is 6.61 Å². The second-order valence-corrected chi connectivity index (χ2v) is 5.54. The van der Waals surface area contributed by atoms with Gasteiger partial charge in [-0.1, -0.05) is 17.7 Å². The molecule has 0 radical (unpaired) electrons. The summed E-state index contributed by atoms with van der Waals surface area (Å²) < 4.78 is 5.53. The van der Waals surface area contributed by atoms with Gasteiger partial charge in [0.25, 0.3) is 0 Å². The molecule has 0 aromatic heterocycles. The summed E-state index contributed by atoms with van der Waals surface area (Å²) in [6, 6.07) is 7.93. The summed E-state index contributed by atoms with van der Waals surface area (Å²) >= 11 is 7.63. The fourth-order valence-corrected chi connectivity index (χ4v) is 2.43. The third-order valence-electron chi connectivity index (χ3n) is 2.11. The van der Waals surface area contributed by atoms with Crippen molar-refractivity contribution in [1.82, 2.24) is 5.43 Å². The summed E-state index contributed by atoms with van der Waals surface area (Å²) in [5.74, 6) is 6.33. The fourth-order valence-electron chi connectivity index (χ4n) is 1.21. The van der Waals surface area contributed by atoms with Gasteiger partial charge in [0.2, 0.25) is 0 Å². The van der Waals surface area contributed by atoms with E-state index in [0.717, 1.165) is 15.7 Å². The first-order valence-electron chi connectivity index (χ1n) is 5.58. The molecular formula is C12H19ClN2OS. The standard InChI is InChI=1S/C12H19ClN2OS/c1-9(2)16-7-11(15-14)8-17-12-5-3-4-10(13)6-12/h3-6,9,11,15H,7-8,14H2,1-2H3. The molecule has 0 saturated carbocycles. The number of thioether (sulfide) groups is 1. The molecule has 0 aliphatic heterocycles. The molecular weight excluding hydrogens is 256 g/mol. The van der Waals surface area contributed by atoms with Crippen LogP contribution in [-0.2, 0) is 4.74 Å². The minimum atomic E-state index is 0.140. The lowest BCUT2D eigenvalue weighted by atomic mass is 10.4. The maximum atomic E-state index is 5.92. The van der Waals surface area contributed by atoms with Crippen LogP contribution >= 0.6 is 23.4 Å². The molecule has 96 valence electrons. The Morgan fingerprint density at radius 2 is 2.24 bits per heavy atom. The van der Waals surface area contributed by atoms with Crippen molar-refractivity contribution in [3.8, 4) is 0 Å². The molecule has 0 saturated heterocycles. The maximum absolute atomic E-state index is 5.92. The van der Waals surface area contributed by atoms with Crippen LogP contribution in [0.25, 0.3) is 0 Å². The van der Waals surface area contributed by atoms with E-state index in [1.165, 1.54) is 0 Å². The lowest BCUT2D eigenvalue weighted by Gasteiger charge is -2.17. The monoisotopic (exact) mass is 274 g/mol. The smallest absolute Gasteiger partial charge is 0.0644 e. The van der Waals surface area contributed by atoms with E-state index >= 15 is 0 Å². The largest absolute Gasteiger partial charge is 0.377 e. The van der Waals surface area contributed by atoms with E-state index in [9.17, 15) is 0 Å². The van der Waals surface area contributed by atoms with Gasteiger partial charge in [-0.25, -0.2) is 0 Å². The van der Waals surface area contributed by atoms with Crippen LogP contribution in [-0.4, -0.2) is 24.5 Å². The van der Waals surface area contributed by atoms with Crippen LogP contribution in [0.3, 0.4) is 0 Å². The molecule has 0 amide bonds. The van der Waals surface area contributed by atoms with Crippen molar-refractivity contribution in [2.45, 2.75) is 30.9 Å². The molecule has 1 aromatic rings. The molecule has 17 heavy (non-hydrogen) atoms. The number of ether oxygens (including phenoxy) is 1. The SMILES string of the molecule is CC(C)OCC(CSc1cccc(Cl)c1)NN. The van der Waals surface area contributed by atoms with Gasteiger partial charge in [-0.3, -0.25) is 11.3 Å². The predicted octanol–water partition coefficient (Wildman–Crippen LogP) is 2.69. The summed E-state index contributed by atoms with van der Waals surface area (Å²) in [6.45, 7) is 4.64. The molecule has 1 aromatic carbocycles. The van der Waals surface area contributed by atoms with Crippen molar-refractivity contribution in [2.24, 2.45) is 5.84 Å². The van der Waals surface area contributed by atoms with Crippen LogP contribution in [0, 0.1) is 0 Å². The highest BCUT2D eigenvalue weighted by atomic mass is 35.5. The highest BCUT2D eigenvalue weighted by Gasteiger charge is 2.08. The lowest BCUT2D eigenvalue weighted by molar-refractivity contribution is 0.0655. The van der Waals surface area contributed by atoms with E-state index < -0.39 is 0 Å². The number of rotatable bonds is 7. The van der Waals surface area contributed by atoms with Crippen molar-refractivity contribution >= 4 is 23.4 Å². The number of halogens is 1. The minimum absolute atomic E-state index is 0.140. The van der Waals surface area contributed by atoms with Gasteiger partial charge >= 0.3 is 0 Å². The Labute approximate surface area is 112 Å². The summed E-state index contributed by atoms with van der Waals surface area (Å²) in [7, 11) is 0. The topological polar surface area (TPSA) is 47.3 Å². The molecule has 1 unspecified atom stereocenters. The van der Waals surface area contributed by atoms with E-state index in [-0.39, 0.29) is 12.1 Å². The first-order chi connectivity index (χ1) is 8.11. The Bertz CT molecular complexity index is 336. The maximum Gasteiger partial charge on any atom is 0.0644 e. The number of hydrogen-bond donors (Lipinski definition) is 2. The molecule has 5 heteroatoms. The third kappa shape index (κ3) is 6.29. The summed E-state index contributed by atoms with van der Waals surface area (Å²) in [4.78, 5) is 1.14. The summed E-state index contributed by atoms with van der Waals surface area (Å²) in [5, 5.41) is 0.755. The number of nitrogens with two attached hydrogens (primary N) is 1. The molecule has 0 fully saturated rings. The van der Waals surface area contributed by atoms with E-state index in [2.05, 4.69) is 5.43 Å². The van der Waals surface area contributed by atoms with Gasteiger partial charge in [0, 0.05) is 15.7 Å². The van der Waals surface area contributed by atoms with Crippen LogP contribution in [0.2, 0.25) is 5.02 Å². The van der Waals surface area contributed by atoms with E-state index in [4.69, 9.17) is 22.2 Å². The first kappa shape index (κ1) is 14.8. The van der Waals surface area contributed by atoms with Crippen molar-refractivity contribution in [3.05, 3.63) is 29.3 Å². The molecule has 0 aliphatic rings. The van der Waals surface area contributed by atoms with Crippen molar-refractivity contribution in [2.75, 3.05) is 12.4 Å². The van der Waals surface area contributed by atoms with Gasteiger partial charge in [-0.15, -0.1) is 11.8 Å². The van der Waals surface area contributed by atoms with Crippen molar-refractivity contribution in [3.63, 3.8) is 0 Å². The minimum Gasteiger partial charge on any atom is -0.377 e. The molecule has 0 spiro atoms. The average Bonchev–Trinajstić information content (AvgIpc) is 2.29. The molecule has 1 atom stereocenters. The molecule has 3 N–H and O–H groups in total. The van der Waals surface area contributed by atoms with Gasteiger partial charge in [0.15, 0.2) is 0 Å². The van der Waals surface area contributed by atoms with Gasteiger partial charge in [-0.2, -0.15) is 0 Å². The molecule has 0 aliphatic carbocycles. The highest BCUT2D eigenvalue weighted by Crippen LogP contribution is 2.22. The second-order valence-electron chi connectivity index (χ2n) is 4.01. The van der Waals surface area contributed by atoms with Gasteiger partial charge in [0.1, 0.15) is 0 Å². The van der Waals surface area contributed by atoms with Crippen LogP contribution in [0.4, 0.5) is 0 Å².